The molecule has 0 bridgehead atoms. The van der Waals surface area contributed by atoms with Crippen LogP contribution in [-0.4, -0.2) is 44.2 Å². The molecule has 0 amide bonds. The van der Waals surface area contributed by atoms with Crippen LogP contribution in [0.4, 0.5) is 13.2 Å². The van der Waals surface area contributed by atoms with Gasteiger partial charge < -0.3 is 19.3 Å². The summed E-state index contributed by atoms with van der Waals surface area (Å²) >= 11 is 0. The summed E-state index contributed by atoms with van der Waals surface area (Å²) < 4.78 is 60.9. The van der Waals surface area contributed by atoms with Crippen LogP contribution in [0.1, 0.15) is 70.1 Å². The van der Waals surface area contributed by atoms with E-state index in [1.165, 1.54) is 35.4 Å². The lowest BCUT2D eigenvalue weighted by atomic mass is 9.43. The molecular weight excluding hydrogens is 533 g/mol. The number of alkyl halides is 3. The van der Waals surface area contributed by atoms with E-state index in [9.17, 15) is 23.1 Å². The maximum absolute atomic E-state index is 14.5. The third-order valence-electron chi connectivity index (χ3n) is 11.2. The van der Waals surface area contributed by atoms with Crippen molar-refractivity contribution in [3.8, 4) is 11.5 Å². The lowest BCUT2D eigenvalue weighted by Gasteiger charge is -2.62. The molecule has 2 fully saturated rings. The first-order valence-electron chi connectivity index (χ1n) is 14.4. The van der Waals surface area contributed by atoms with Gasteiger partial charge in [-0.15, -0.1) is 0 Å². The first-order valence-corrected chi connectivity index (χ1v) is 14.4. The summed E-state index contributed by atoms with van der Waals surface area (Å²) in [6.45, 7) is 7.26. The van der Waals surface area contributed by atoms with Gasteiger partial charge in [0.1, 0.15) is 17.6 Å². The molecule has 6 atom stereocenters. The largest absolute Gasteiger partial charge is 0.497 e. The molecule has 3 aliphatic carbocycles. The highest BCUT2D eigenvalue weighted by atomic mass is 19.4. The molecule has 0 radical (unpaired) electrons. The van der Waals surface area contributed by atoms with Crippen LogP contribution < -0.4 is 9.47 Å². The van der Waals surface area contributed by atoms with E-state index in [4.69, 9.17) is 14.2 Å². The second kappa shape index (κ2) is 9.92. The third kappa shape index (κ3) is 4.18. The molecular formula is C33H41F3O5. The van der Waals surface area contributed by atoms with Gasteiger partial charge in [0.25, 0.3) is 0 Å². The van der Waals surface area contributed by atoms with Crippen LogP contribution in [0.25, 0.3) is 0 Å². The van der Waals surface area contributed by atoms with Gasteiger partial charge in [-0.25, -0.2) is 0 Å². The number of aliphatic hydroxyl groups is 1. The van der Waals surface area contributed by atoms with Gasteiger partial charge in [-0.1, -0.05) is 58.0 Å². The molecule has 41 heavy (non-hydrogen) atoms. The minimum Gasteiger partial charge on any atom is -0.497 e. The van der Waals surface area contributed by atoms with Gasteiger partial charge in [0.05, 0.1) is 20.8 Å². The van der Waals surface area contributed by atoms with Crippen LogP contribution in [-0.2, 0) is 26.8 Å². The number of hydrogen-bond donors (Lipinski definition) is 1. The fourth-order valence-electron chi connectivity index (χ4n) is 9.04. The smallest absolute Gasteiger partial charge is 0.411 e. The molecule has 0 aliphatic heterocycles. The highest BCUT2D eigenvalue weighted by molar-refractivity contribution is 5.85. The Morgan fingerprint density at radius 1 is 0.976 bits per heavy atom. The van der Waals surface area contributed by atoms with Gasteiger partial charge in [-0.3, -0.25) is 4.79 Å². The number of benzene rings is 2. The summed E-state index contributed by atoms with van der Waals surface area (Å²) in [6, 6.07) is 10.9. The number of aliphatic hydroxyl groups excluding tert-OH is 1. The monoisotopic (exact) mass is 574 g/mol. The van der Waals surface area contributed by atoms with Crippen molar-refractivity contribution in [2.24, 2.45) is 22.7 Å². The molecule has 0 unspecified atom stereocenters. The summed E-state index contributed by atoms with van der Waals surface area (Å²) in [4.78, 5) is 13.5. The predicted octanol–water partition coefficient (Wildman–Crippen LogP) is 6.77. The molecule has 0 spiro atoms. The summed E-state index contributed by atoms with van der Waals surface area (Å²) in [5.41, 5.74) is -1.83. The number of carbonyl (C=O) groups excluding carboxylic acids is 1. The Hall–Kier alpha value is -2.74. The van der Waals surface area contributed by atoms with Crippen LogP contribution in [0.15, 0.2) is 42.5 Å². The van der Waals surface area contributed by atoms with E-state index in [1.54, 1.807) is 20.3 Å². The number of carbonyl (C=O) groups is 1. The number of esters is 1. The maximum Gasteiger partial charge on any atom is 0.411 e. The van der Waals surface area contributed by atoms with Crippen molar-refractivity contribution in [2.75, 3.05) is 20.8 Å². The van der Waals surface area contributed by atoms with Crippen LogP contribution >= 0.6 is 0 Å². The molecule has 0 saturated heterocycles. The van der Waals surface area contributed by atoms with Crippen LogP contribution in [0.2, 0.25) is 0 Å². The minimum atomic E-state index is -5.03. The molecule has 224 valence electrons. The van der Waals surface area contributed by atoms with E-state index in [0.29, 0.717) is 6.42 Å². The van der Waals surface area contributed by atoms with Crippen LogP contribution in [0.3, 0.4) is 0 Å². The predicted molar refractivity (Wildman–Crippen MR) is 149 cm³/mol. The Morgan fingerprint density at radius 3 is 2.24 bits per heavy atom. The van der Waals surface area contributed by atoms with Crippen LogP contribution in [0.5, 0.6) is 11.5 Å². The highest BCUT2D eigenvalue weighted by Crippen LogP contribution is 2.69. The number of hydrogen-bond acceptors (Lipinski definition) is 5. The lowest BCUT2D eigenvalue weighted by molar-refractivity contribution is -0.230. The Labute approximate surface area is 240 Å². The third-order valence-corrected chi connectivity index (χ3v) is 11.2. The van der Waals surface area contributed by atoms with E-state index in [2.05, 4.69) is 19.9 Å². The zero-order valence-electron chi connectivity index (χ0n) is 24.7. The average molecular weight is 575 g/mol. The van der Waals surface area contributed by atoms with Gasteiger partial charge in [-0.2, -0.15) is 13.2 Å². The van der Waals surface area contributed by atoms with Crippen molar-refractivity contribution in [1.82, 2.24) is 0 Å². The van der Waals surface area contributed by atoms with Gasteiger partial charge in [0.2, 0.25) is 5.41 Å². The van der Waals surface area contributed by atoms with E-state index < -0.39 is 35.7 Å². The standard InChI is InChI=1S/C33H41F3O5/c1-29(2)24-12-14-31(4)25(17-20-16-22(39-5)18-23(40-6)27(20)31)30(24,3)15-13-26(29)41-28(38)32(19-37,33(34,35)36)21-10-8-7-9-11-21/h7-11,16,18,24-26,37H,12-15,17,19H2,1-6H3/t24-,25+,26-,30-,31+,32+/m0/s1. The second-order valence-corrected chi connectivity index (χ2v) is 13.3. The Kier molecular flexibility index (Phi) is 7.20. The topological polar surface area (TPSA) is 65.0 Å². The molecule has 1 N–H and O–H groups in total. The molecule has 2 aromatic rings. The maximum atomic E-state index is 14.5. The Morgan fingerprint density at radius 2 is 1.66 bits per heavy atom. The van der Waals surface area contributed by atoms with Crippen molar-refractivity contribution < 1.29 is 37.3 Å². The number of ether oxygens (including phenoxy) is 3. The highest BCUT2D eigenvalue weighted by Gasteiger charge is 2.66. The second-order valence-electron chi connectivity index (χ2n) is 13.3. The van der Waals surface area contributed by atoms with Crippen molar-refractivity contribution in [2.45, 2.75) is 82.9 Å². The number of methoxy groups -OCH3 is 2. The van der Waals surface area contributed by atoms with E-state index >= 15 is 0 Å². The fourth-order valence-corrected chi connectivity index (χ4v) is 9.04. The first-order chi connectivity index (χ1) is 19.2. The summed E-state index contributed by atoms with van der Waals surface area (Å²) in [6.07, 6.45) is -1.97. The minimum absolute atomic E-state index is 0.118. The van der Waals surface area contributed by atoms with Gasteiger partial charge in [0, 0.05) is 22.5 Å². The van der Waals surface area contributed by atoms with Crippen molar-refractivity contribution in [3.63, 3.8) is 0 Å². The quantitative estimate of drug-likeness (QED) is 0.386. The van der Waals surface area contributed by atoms with Crippen LogP contribution in [0, 0.1) is 22.7 Å². The molecule has 5 rings (SSSR count). The van der Waals surface area contributed by atoms with E-state index in [-0.39, 0.29) is 28.2 Å². The SMILES string of the molecule is COc1cc2c(c(OC)c1)[C@]1(C)CC[C@H]3C(C)(C)[C@@H](OC(=O)[C@@](CO)(c4ccccc4)C(F)(F)F)CC[C@]3(C)[C@H]1C2. The Balaban J connectivity index is 1.46. The molecule has 2 saturated carbocycles. The zero-order valence-corrected chi connectivity index (χ0v) is 24.7. The summed E-state index contributed by atoms with van der Waals surface area (Å²) in [5, 5.41) is 10.1. The zero-order chi connectivity index (χ0) is 30.0. The van der Waals surface area contributed by atoms with Gasteiger partial charge >= 0.3 is 12.1 Å². The van der Waals surface area contributed by atoms with Gasteiger partial charge in [-0.05, 0) is 66.5 Å². The average Bonchev–Trinajstić information content (AvgIpc) is 3.24. The first kappa shape index (κ1) is 29.7. The molecule has 5 nitrogen and oxygen atoms in total. The Bertz CT molecular complexity index is 1310. The lowest BCUT2D eigenvalue weighted by Crippen LogP contribution is -2.61. The van der Waals surface area contributed by atoms with Gasteiger partial charge in [0.15, 0.2) is 0 Å². The van der Waals surface area contributed by atoms with Crippen molar-refractivity contribution in [3.05, 3.63) is 59.2 Å². The molecule has 0 aromatic heterocycles. The van der Waals surface area contributed by atoms with E-state index in [0.717, 1.165) is 37.2 Å². The number of fused-ring (bicyclic) bond motifs is 5. The van der Waals surface area contributed by atoms with Crippen molar-refractivity contribution in [1.29, 1.82) is 0 Å². The molecule has 2 aromatic carbocycles. The summed E-state index contributed by atoms with van der Waals surface area (Å²) in [5.74, 6) is 0.563. The molecule has 8 heteroatoms. The number of rotatable bonds is 6. The molecule has 0 heterocycles. The van der Waals surface area contributed by atoms with Crippen molar-refractivity contribution >= 4 is 5.97 Å². The number of halogens is 3. The molecule has 3 aliphatic rings. The van der Waals surface area contributed by atoms with E-state index in [1.807, 2.05) is 19.9 Å². The fraction of sp³-hybridized carbons (Fsp3) is 0.606. The summed E-state index contributed by atoms with van der Waals surface area (Å²) in [7, 11) is 3.33. The normalized spacial score (nSPS) is 31.7.